The first-order valence-corrected chi connectivity index (χ1v) is 16.4. The summed E-state index contributed by atoms with van der Waals surface area (Å²) >= 11 is 0. The van der Waals surface area contributed by atoms with E-state index < -0.39 is 8.32 Å². The molecule has 0 spiro atoms. The summed E-state index contributed by atoms with van der Waals surface area (Å²) in [7, 11) is -1.90. The average molecular weight is 488 g/mol. The van der Waals surface area contributed by atoms with E-state index in [1.54, 1.807) is 0 Å². The third kappa shape index (κ3) is 5.05. The van der Waals surface area contributed by atoms with Crippen LogP contribution < -0.4 is 0 Å². The van der Waals surface area contributed by atoms with Crippen LogP contribution in [0.5, 0.6) is 0 Å². The van der Waals surface area contributed by atoms with E-state index in [2.05, 4.69) is 60.4 Å². The lowest BCUT2D eigenvalue weighted by atomic mass is 9.49. The quantitative estimate of drug-likeness (QED) is 0.219. The number of nitriles is 1. The smallest absolute Gasteiger partial charge is 0.302 e. The number of nitrogens with zero attached hydrogens (tertiary/aromatic N) is 1. The maximum Gasteiger partial charge on any atom is 0.302 e. The van der Waals surface area contributed by atoms with Crippen LogP contribution in [0, 0.1) is 45.8 Å². The molecule has 3 saturated carbocycles. The molecular formula is C29H49NO3Si. The number of hydrogen-bond acceptors (Lipinski definition) is 4. The summed E-state index contributed by atoms with van der Waals surface area (Å²) in [5, 5.41) is 10.0. The highest BCUT2D eigenvalue weighted by molar-refractivity contribution is 6.74. The Kier molecular flexibility index (Phi) is 7.86. The molecule has 3 aliphatic carbocycles. The molecular weight excluding hydrogens is 438 g/mol. The summed E-state index contributed by atoms with van der Waals surface area (Å²) in [4.78, 5) is 11.8. The number of carbonyl (C=O) groups is 1. The summed E-state index contributed by atoms with van der Waals surface area (Å²) in [6.45, 7) is 23.1. The molecule has 0 radical (unpaired) electrons. The third-order valence-electron chi connectivity index (χ3n) is 10.8. The molecule has 0 amide bonds. The first kappa shape index (κ1) is 27.5. The highest BCUT2D eigenvalue weighted by Gasteiger charge is 2.57. The van der Waals surface area contributed by atoms with Gasteiger partial charge >= 0.3 is 5.97 Å². The summed E-state index contributed by atoms with van der Waals surface area (Å²) in [5.74, 6) is 1.62. The SMILES string of the molecule is C=C1CC[C@H]2[C@@H](CC#N)[C@@H]([C@@]3(C)CC[C@H](OC(C)=O)C[C@@H]3CO[Si](C)(C)C(C)(C)C)CC[C@]12C. The normalized spacial score (nSPS) is 38.8. The van der Waals surface area contributed by atoms with E-state index in [4.69, 9.17) is 9.16 Å². The van der Waals surface area contributed by atoms with Gasteiger partial charge in [-0.3, -0.25) is 4.79 Å². The van der Waals surface area contributed by atoms with Crippen LogP contribution in [0.15, 0.2) is 12.2 Å². The number of rotatable bonds is 6. The Hall–Kier alpha value is -1.12. The van der Waals surface area contributed by atoms with Crippen molar-refractivity contribution in [2.75, 3.05) is 6.61 Å². The number of carbonyl (C=O) groups excluding carboxylic acids is 1. The number of fused-ring (bicyclic) bond motifs is 1. The zero-order valence-corrected chi connectivity index (χ0v) is 24.1. The summed E-state index contributed by atoms with van der Waals surface area (Å²) in [6, 6.07) is 2.57. The van der Waals surface area contributed by atoms with Crippen LogP contribution in [-0.2, 0) is 14.0 Å². The highest BCUT2D eigenvalue weighted by atomic mass is 28.4. The molecule has 0 N–H and O–H groups in total. The first-order valence-electron chi connectivity index (χ1n) is 13.5. The molecule has 34 heavy (non-hydrogen) atoms. The van der Waals surface area contributed by atoms with Crippen LogP contribution in [0.4, 0.5) is 0 Å². The zero-order chi connectivity index (χ0) is 25.5. The fraction of sp³-hybridized carbons (Fsp3) is 0.862. The second-order valence-electron chi connectivity index (χ2n) is 13.6. The minimum Gasteiger partial charge on any atom is -0.463 e. The topological polar surface area (TPSA) is 59.3 Å². The molecule has 7 atom stereocenters. The molecule has 3 rings (SSSR count). The van der Waals surface area contributed by atoms with E-state index in [0.717, 1.165) is 38.7 Å². The molecule has 0 aliphatic heterocycles. The van der Waals surface area contributed by atoms with Crippen LogP contribution in [0.1, 0.15) is 92.9 Å². The summed E-state index contributed by atoms with van der Waals surface area (Å²) in [6.07, 6.45) is 8.06. The average Bonchev–Trinajstić information content (AvgIpc) is 3.02. The maximum absolute atomic E-state index is 11.8. The predicted octanol–water partition coefficient (Wildman–Crippen LogP) is 7.66. The maximum atomic E-state index is 11.8. The Balaban J connectivity index is 1.91. The van der Waals surface area contributed by atoms with E-state index in [0.29, 0.717) is 30.1 Å². The highest BCUT2D eigenvalue weighted by Crippen LogP contribution is 2.64. The van der Waals surface area contributed by atoms with Gasteiger partial charge in [-0.1, -0.05) is 46.8 Å². The van der Waals surface area contributed by atoms with Gasteiger partial charge in [-0.2, -0.15) is 5.26 Å². The fourth-order valence-electron chi connectivity index (χ4n) is 7.40. The Bertz CT molecular complexity index is 824. The van der Waals surface area contributed by atoms with Gasteiger partial charge in [0, 0.05) is 20.0 Å². The Morgan fingerprint density at radius 1 is 1.18 bits per heavy atom. The van der Waals surface area contributed by atoms with E-state index in [9.17, 15) is 10.1 Å². The third-order valence-corrected chi connectivity index (χ3v) is 15.3. The second-order valence-corrected chi connectivity index (χ2v) is 18.4. The van der Waals surface area contributed by atoms with Gasteiger partial charge < -0.3 is 9.16 Å². The lowest BCUT2D eigenvalue weighted by molar-refractivity contribution is -0.155. The number of allylic oxidation sites excluding steroid dienone is 1. The van der Waals surface area contributed by atoms with E-state index >= 15 is 0 Å². The van der Waals surface area contributed by atoms with Gasteiger partial charge in [0.1, 0.15) is 6.10 Å². The first-order chi connectivity index (χ1) is 15.7. The van der Waals surface area contributed by atoms with Gasteiger partial charge in [-0.15, -0.1) is 0 Å². The monoisotopic (exact) mass is 487 g/mol. The molecule has 4 nitrogen and oxygen atoms in total. The van der Waals surface area contributed by atoms with Crippen molar-refractivity contribution in [3.05, 3.63) is 12.2 Å². The van der Waals surface area contributed by atoms with Crippen molar-refractivity contribution in [2.45, 2.75) is 117 Å². The largest absolute Gasteiger partial charge is 0.463 e. The van der Waals surface area contributed by atoms with E-state index in [-0.39, 0.29) is 27.9 Å². The standard InChI is InChI=1S/C29H49NO3Si/c1-20-10-11-25-24(14-17-30)26(13-16-28(20,25)6)29(7)15-12-23(33-21(2)31)18-22(29)19-32-34(8,9)27(3,4)5/h22-26H,1,10-16,18-19H2,2-9H3/t22-,23+,24-,25+,26+,28-,29+/m1/s1. The molecule has 0 aromatic rings. The molecule has 0 bridgehead atoms. The predicted molar refractivity (Wildman–Crippen MR) is 141 cm³/mol. The Morgan fingerprint density at radius 2 is 1.85 bits per heavy atom. The van der Waals surface area contributed by atoms with Crippen LogP contribution >= 0.6 is 0 Å². The van der Waals surface area contributed by atoms with Crippen LogP contribution in [-0.4, -0.2) is 27.0 Å². The molecule has 0 aromatic heterocycles. The summed E-state index contributed by atoms with van der Waals surface area (Å²) < 4.78 is 12.5. The fourth-order valence-corrected chi connectivity index (χ4v) is 8.45. The minimum atomic E-state index is -1.90. The van der Waals surface area contributed by atoms with Crippen molar-refractivity contribution in [2.24, 2.45) is 34.5 Å². The van der Waals surface area contributed by atoms with Gasteiger partial charge in [-0.05, 0) is 97.6 Å². The van der Waals surface area contributed by atoms with Gasteiger partial charge in [-0.25, -0.2) is 0 Å². The summed E-state index contributed by atoms with van der Waals surface area (Å²) in [5.41, 5.74) is 1.68. The molecule has 3 fully saturated rings. The zero-order valence-electron chi connectivity index (χ0n) is 23.1. The number of ether oxygens (including phenoxy) is 1. The Morgan fingerprint density at radius 3 is 2.44 bits per heavy atom. The van der Waals surface area contributed by atoms with Crippen molar-refractivity contribution in [3.8, 4) is 6.07 Å². The van der Waals surface area contributed by atoms with Gasteiger partial charge in [0.2, 0.25) is 0 Å². The van der Waals surface area contributed by atoms with Crippen molar-refractivity contribution >= 4 is 14.3 Å². The van der Waals surface area contributed by atoms with Gasteiger partial charge in [0.05, 0.1) is 6.07 Å². The molecule has 5 heteroatoms. The van der Waals surface area contributed by atoms with Crippen molar-refractivity contribution in [1.82, 2.24) is 0 Å². The van der Waals surface area contributed by atoms with Gasteiger partial charge in [0.25, 0.3) is 0 Å². The number of hydrogen-bond donors (Lipinski definition) is 0. The second kappa shape index (κ2) is 9.73. The lowest BCUT2D eigenvalue weighted by Gasteiger charge is -2.57. The van der Waals surface area contributed by atoms with Crippen molar-refractivity contribution in [1.29, 1.82) is 5.26 Å². The minimum absolute atomic E-state index is 0.0203. The van der Waals surface area contributed by atoms with Crippen LogP contribution in [0.2, 0.25) is 18.1 Å². The van der Waals surface area contributed by atoms with E-state index in [1.165, 1.54) is 25.3 Å². The van der Waals surface area contributed by atoms with E-state index in [1.807, 2.05) is 0 Å². The molecule has 0 heterocycles. The number of esters is 1. The molecule has 0 unspecified atom stereocenters. The molecule has 0 aromatic carbocycles. The van der Waals surface area contributed by atoms with Crippen molar-refractivity contribution in [3.63, 3.8) is 0 Å². The molecule has 3 aliphatic rings. The molecule has 0 saturated heterocycles. The Labute approximate surface area is 210 Å². The van der Waals surface area contributed by atoms with Gasteiger partial charge in [0.15, 0.2) is 8.32 Å². The van der Waals surface area contributed by atoms with Crippen molar-refractivity contribution < 1.29 is 14.0 Å². The molecule has 192 valence electrons. The lowest BCUT2D eigenvalue weighted by Crippen LogP contribution is -2.52. The van der Waals surface area contributed by atoms with Crippen LogP contribution in [0.3, 0.4) is 0 Å². The van der Waals surface area contributed by atoms with Crippen LogP contribution in [0.25, 0.3) is 0 Å².